The van der Waals surface area contributed by atoms with E-state index < -0.39 is 0 Å². The minimum Gasteiger partial charge on any atom is -0.459 e. The highest BCUT2D eigenvalue weighted by Gasteiger charge is 2.29. The van der Waals surface area contributed by atoms with E-state index in [0.29, 0.717) is 12.3 Å². The number of nitrogens with zero attached hydrogens (tertiary/aromatic N) is 3. The van der Waals surface area contributed by atoms with Gasteiger partial charge in [-0.25, -0.2) is 4.98 Å². The van der Waals surface area contributed by atoms with E-state index >= 15 is 0 Å². The number of benzene rings is 1. The zero-order valence-corrected chi connectivity index (χ0v) is 14.3. The quantitative estimate of drug-likeness (QED) is 0.729. The SMILES string of the molecule is Cc1nccn1[C@@H]1CCCN(C(=O)c2occc2-c2ccccc2)C1. The maximum atomic E-state index is 13.1. The third kappa shape index (κ3) is 2.97. The van der Waals surface area contributed by atoms with Crippen molar-refractivity contribution in [1.29, 1.82) is 0 Å². The molecule has 0 unspecified atom stereocenters. The molecule has 1 amide bonds. The fourth-order valence-corrected chi connectivity index (χ4v) is 3.60. The van der Waals surface area contributed by atoms with Gasteiger partial charge in [-0.05, 0) is 31.4 Å². The van der Waals surface area contributed by atoms with Crippen LogP contribution in [0.25, 0.3) is 11.1 Å². The summed E-state index contributed by atoms with van der Waals surface area (Å²) in [6.07, 6.45) is 7.45. The molecule has 5 nitrogen and oxygen atoms in total. The molecule has 0 radical (unpaired) electrons. The summed E-state index contributed by atoms with van der Waals surface area (Å²) >= 11 is 0. The van der Waals surface area contributed by atoms with Crippen molar-refractivity contribution in [3.05, 3.63) is 66.6 Å². The number of aryl methyl sites for hydroxylation is 1. The van der Waals surface area contributed by atoms with Gasteiger partial charge in [0.05, 0.1) is 12.3 Å². The highest BCUT2D eigenvalue weighted by molar-refractivity contribution is 5.98. The molecule has 5 heteroatoms. The van der Waals surface area contributed by atoms with E-state index in [2.05, 4.69) is 9.55 Å². The van der Waals surface area contributed by atoms with Crippen molar-refractivity contribution in [1.82, 2.24) is 14.5 Å². The lowest BCUT2D eigenvalue weighted by atomic mass is 10.0. The first-order valence-electron chi connectivity index (χ1n) is 8.65. The first-order valence-corrected chi connectivity index (χ1v) is 8.65. The van der Waals surface area contributed by atoms with E-state index in [1.807, 2.05) is 60.6 Å². The fourth-order valence-electron chi connectivity index (χ4n) is 3.60. The molecular formula is C20H21N3O2. The number of imidazole rings is 1. The van der Waals surface area contributed by atoms with Crippen LogP contribution in [0.3, 0.4) is 0 Å². The molecule has 1 aromatic carbocycles. The molecule has 25 heavy (non-hydrogen) atoms. The van der Waals surface area contributed by atoms with Crippen LogP contribution in [0.4, 0.5) is 0 Å². The molecule has 2 aromatic heterocycles. The number of likely N-dealkylation sites (tertiary alicyclic amines) is 1. The van der Waals surface area contributed by atoms with Gasteiger partial charge in [-0.1, -0.05) is 30.3 Å². The number of amides is 1. The molecule has 1 saturated heterocycles. The zero-order chi connectivity index (χ0) is 17.2. The fraction of sp³-hybridized carbons (Fsp3) is 0.300. The van der Waals surface area contributed by atoms with Gasteiger partial charge in [-0.3, -0.25) is 4.79 Å². The van der Waals surface area contributed by atoms with Crippen LogP contribution < -0.4 is 0 Å². The van der Waals surface area contributed by atoms with Gasteiger partial charge in [0.15, 0.2) is 5.76 Å². The van der Waals surface area contributed by atoms with Crippen LogP contribution in [-0.4, -0.2) is 33.4 Å². The second kappa shape index (κ2) is 6.59. The standard InChI is InChI=1S/C20H21N3O2/c1-15-21-10-12-23(15)17-8-5-11-22(14-17)20(24)19-18(9-13-25-19)16-6-3-2-4-7-16/h2-4,6-7,9-10,12-13,17H,5,8,11,14H2,1H3/t17-/m1/s1. The normalized spacial score (nSPS) is 17.6. The summed E-state index contributed by atoms with van der Waals surface area (Å²) < 4.78 is 7.74. The number of rotatable bonds is 3. The third-order valence-electron chi connectivity index (χ3n) is 4.88. The molecule has 128 valence electrons. The van der Waals surface area contributed by atoms with Crippen LogP contribution in [-0.2, 0) is 0 Å². The maximum Gasteiger partial charge on any atom is 0.290 e. The molecule has 0 N–H and O–H groups in total. The molecular weight excluding hydrogens is 314 g/mol. The lowest BCUT2D eigenvalue weighted by Gasteiger charge is -2.33. The Balaban J connectivity index is 1.58. The number of carbonyl (C=O) groups is 1. The molecule has 3 aromatic rings. The predicted octanol–water partition coefficient (Wildman–Crippen LogP) is 3.93. The molecule has 3 heterocycles. The molecule has 0 bridgehead atoms. The monoisotopic (exact) mass is 335 g/mol. The van der Waals surface area contributed by atoms with Crippen molar-refractivity contribution in [2.24, 2.45) is 0 Å². The average molecular weight is 335 g/mol. The number of hydrogen-bond donors (Lipinski definition) is 0. The van der Waals surface area contributed by atoms with E-state index in [-0.39, 0.29) is 11.9 Å². The van der Waals surface area contributed by atoms with E-state index in [4.69, 9.17) is 4.42 Å². The second-order valence-corrected chi connectivity index (χ2v) is 6.46. The summed E-state index contributed by atoms with van der Waals surface area (Å²) in [6, 6.07) is 12.0. The van der Waals surface area contributed by atoms with Crippen LogP contribution in [0, 0.1) is 6.92 Å². The summed E-state index contributed by atoms with van der Waals surface area (Å²) in [5.74, 6) is 1.38. The van der Waals surface area contributed by atoms with Crippen LogP contribution in [0.1, 0.15) is 35.3 Å². The van der Waals surface area contributed by atoms with Crippen molar-refractivity contribution in [2.45, 2.75) is 25.8 Å². The smallest absolute Gasteiger partial charge is 0.290 e. The predicted molar refractivity (Wildman–Crippen MR) is 95.3 cm³/mol. The van der Waals surface area contributed by atoms with E-state index in [1.54, 1.807) is 6.26 Å². The Bertz CT molecular complexity index is 866. The first kappa shape index (κ1) is 15.7. The van der Waals surface area contributed by atoms with E-state index in [9.17, 15) is 4.79 Å². The molecule has 0 spiro atoms. The largest absolute Gasteiger partial charge is 0.459 e. The van der Waals surface area contributed by atoms with Crippen LogP contribution in [0.2, 0.25) is 0 Å². The lowest BCUT2D eigenvalue weighted by Crippen LogP contribution is -2.40. The van der Waals surface area contributed by atoms with Crippen molar-refractivity contribution < 1.29 is 9.21 Å². The highest BCUT2D eigenvalue weighted by atomic mass is 16.3. The number of carbonyl (C=O) groups excluding carboxylic acids is 1. The summed E-state index contributed by atoms with van der Waals surface area (Å²) in [5.41, 5.74) is 1.85. The minimum atomic E-state index is -0.0358. The van der Waals surface area contributed by atoms with E-state index in [1.165, 1.54) is 0 Å². The van der Waals surface area contributed by atoms with Crippen LogP contribution in [0.15, 0.2) is 59.5 Å². The molecule has 4 rings (SSSR count). The molecule has 0 aliphatic carbocycles. The average Bonchev–Trinajstić information content (AvgIpc) is 3.31. The van der Waals surface area contributed by atoms with Gasteiger partial charge < -0.3 is 13.9 Å². The Morgan fingerprint density at radius 3 is 2.84 bits per heavy atom. The third-order valence-corrected chi connectivity index (χ3v) is 4.88. The lowest BCUT2D eigenvalue weighted by molar-refractivity contribution is 0.0647. The number of piperidine rings is 1. The van der Waals surface area contributed by atoms with Gasteiger partial charge in [0.2, 0.25) is 0 Å². The summed E-state index contributed by atoms with van der Waals surface area (Å²) in [4.78, 5) is 19.3. The van der Waals surface area contributed by atoms with Crippen molar-refractivity contribution in [2.75, 3.05) is 13.1 Å². The van der Waals surface area contributed by atoms with Gasteiger partial charge in [-0.2, -0.15) is 0 Å². The zero-order valence-electron chi connectivity index (χ0n) is 14.3. The topological polar surface area (TPSA) is 51.3 Å². The maximum absolute atomic E-state index is 13.1. The summed E-state index contributed by atoms with van der Waals surface area (Å²) in [5, 5.41) is 0. The molecule has 0 saturated carbocycles. The van der Waals surface area contributed by atoms with E-state index in [0.717, 1.165) is 36.3 Å². The van der Waals surface area contributed by atoms with Gasteiger partial charge in [0, 0.05) is 31.0 Å². The number of aromatic nitrogens is 2. The van der Waals surface area contributed by atoms with Crippen molar-refractivity contribution in [3.8, 4) is 11.1 Å². The minimum absolute atomic E-state index is 0.0358. The second-order valence-electron chi connectivity index (χ2n) is 6.46. The Morgan fingerprint density at radius 2 is 2.08 bits per heavy atom. The molecule has 1 aliphatic rings. The van der Waals surface area contributed by atoms with Gasteiger partial charge in [-0.15, -0.1) is 0 Å². The van der Waals surface area contributed by atoms with Crippen molar-refractivity contribution in [3.63, 3.8) is 0 Å². The Hall–Kier alpha value is -2.82. The summed E-state index contributed by atoms with van der Waals surface area (Å²) in [6.45, 7) is 3.45. The van der Waals surface area contributed by atoms with Gasteiger partial charge in [0.1, 0.15) is 5.82 Å². The van der Waals surface area contributed by atoms with Crippen molar-refractivity contribution >= 4 is 5.91 Å². The Kier molecular flexibility index (Phi) is 4.14. The number of hydrogen-bond acceptors (Lipinski definition) is 3. The Labute approximate surface area is 146 Å². The summed E-state index contributed by atoms with van der Waals surface area (Å²) in [7, 11) is 0. The van der Waals surface area contributed by atoms with Crippen LogP contribution in [0.5, 0.6) is 0 Å². The molecule has 1 fully saturated rings. The highest BCUT2D eigenvalue weighted by Crippen LogP contribution is 2.29. The first-order chi connectivity index (χ1) is 12.2. The Morgan fingerprint density at radius 1 is 1.24 bits per heavy atom. The molecule has 1 atom stereocenters. The number of furan rings is 1. The van der Waals surface area contributed by atoms with Gasteiger partial charge in [0.25, 0.3) is 5.91 Å². The molecule has 1 aliphatic heterocycles. The van der Waals surface area contributed by atoms with Crippen LogP contribution >= 0.6 is 0 Å². The van der Waals surface area contributed by atoms with Gasteiger partial charge >= 0.3 is 0 Å².